The average Bonchev–Trinajstić information content (AvgIpc) is 2.40. The molecule has 0 atom stereocenters. The third-order valence-electron chi connectivity index (χ3n) is 2.98. The Morgan fingerprint density at radius 1 is 1.10 bits per heavy atom. The molecule has 2 aromatic rings. The van der Waals surface area contributed by atoms with Crippen LogP contribution >= 0.6 is 11.6 Å². The molecule has 0 aromatic heterocycles. The molecule has 0 spiro atoms. The van der Waals surface area contributed by atoms with Crippen LogP contribution in [0, 0.1) is 6.92 Å². The Kier molecular flexibility index (Phi) is 4.30. The fourth-order valence-corrected chi connectivity index (χ4v) is 2.00. The normalized spacial score (nSPS) is 10.2. The fraction of sp³-hybridized carbons (Fsp3) is 0.188. The molecular formula is C16H17ClN2O. The first-order valence-electron chi connectivity index (χ1n) is 6.32. The van der Waals surface area contributed by atoms with E-state index in [4.69, 9.17) is 11.6 Å². The smallest absolute Gasteiger partial charge is 0.321 e. The number of aryl methyl sites for hydroxylation is 1. The number of benzene rings is 2. The molecule has 3 nitrogen and oxygen atoms in total. The quantitative estimate of drug-likeness (QED) is 0.872. The Hall–Kier alpha value is -2.00. The molecule has 0 saturated heterocycles. The van der Waals surface area contributed by atoms with Gasteiger partial charge >= 0.3 is 6.03 Å². The summed E-state index contributed by atoms with van der Waals surface area (Å²) < 4.78 is 0. The van der Waals surface area contributed by atoms with E-state index in [1.165, 1.54) is 4.90 Å². The number of nitrogens with one attached hydrogen (secondary N) is 1. The van der Waals surface area contributed by atoms with Crippen LogP contribution in [-0.2, 0) is 0 Å². The third-order valence-corrected chi connectivity index (χ3v) is 3.23. The molecule has 2 aromatic carbocycles. The molecule has 0 fully saturated rings. The second-order valence-electron chi connectivity index (χ2n) is 4.88. The maximum atomic E-state index is 11.9. The molecule has 0 heterocycles. The average molecular weight is 289 g/mol. The molecule has 0 aliphatic carbocycles. The van der Waals surface area contributed by atoms with E-state index >= 15 is 0 Å². The molecule has 2 amide bonds. The van der Waals surface area contributed by atoms with E-state index in [0.29, 0.717) is 5.02 Å². The molecule has 0 aliphatic rings. The lowest BCUT2D eigenvalue weighted by Gasteiger charge is -2.16. The lowest BCUT2D eigenvalue weighted by molar-refractivity contribution is 0.230. The summed E-state index contributed by atoms with van der Waals surface area (Å²) in [6.07, 6.45) is 0. The summed E-state index contributed by atoms with van der Waals surface area (Å²) in [6.45, 7) is 2.00. The van der Waals surface area contributed by atoms with E-state index in [0.717, 1.165) is 22.4 Å². The molecule has 0 radical (unpaired) electrons. The summed E-state index contributed by atoms with van der Waals surface area (Å²) in [6, 6.07) is 13.4. The van der Waals surface area contributed by atoms with E-state index in [2.05, 4.69) is 5.32 Å². The lowest BCUT2D eigenvalue weighted by Crippen LogP contribution is -2.27. The number of nitrogens with zero attached hydrogens (tertiary/aromatic N) is 1. The van der Waals surface area contributed by atoms with Crippen molar-refractivity contribution in [2.75, 3.05) is 19.4 Å². The van der Waals surface area contributed by atoms with Gasteiger partial charge in [-0.25, -0.2) is 4.79 Å². The lowest BCUT2D eigenvalue weighted by atomic mass is 10.0. The molecule has 104 valence electrons. The largest absolute Gasteiger partial charge is 0.331 e. The first-order valence-corrected chi connectivity index (χ1v) is 6.70. The number of urea groups is 1. The number of anilines is 1. The van der Waals surface area contributed by atoms with Crippen molar-refractivity contribution in [3.05, 3.63) is 53.1 Å². The first kappa shape index (κ1) is 14.4. The molecule has 0 saturated carbocycles. The summed E-state index contributed by atoms with van der Waals surface area (Å²) in [5.41, 5.74) is 3.88. The Morgan fingerprint density at radius 2 is 1.75 bits per heavy atom. The van der Waals surface area contributed by atoms with Crippen molar-refractivity contribution in [3.63, 3.8) is 0 Å². The van der Waals surface area contributed by atoms with Crippen LogP contribution in [0.25, 0.3) is 11.1 Å². The predicted octanol–water partition coefficient (Wildman–Crippen LogP) is 4.41. The highest BCUT2D eigenvalue weighted by Crippen LogP contribution is 2.30. The molecule has 0 unspecified atom stereocenters. The van der Waals surface area contributed by atoms with E-state index in [1.807, 2.05) is 49.4 Å². The van der Waals surface area contributed by atoms with Crippen molar-refractivity contribution in [1.29, 1.82) is 0 Å². The van der Waals surface area contributed by atoms with Crippen molar-refractivity contribution in [3.8, 4) is 11.1 Å². The Balaban J connectivity index is 2.42. The summed E-state index contributed by atoms with van der Waals surface area (Å²) in [4.78, 5) is 13.4. The van der Waals surface area contributed by atoms with Crippen LogP contribution in [0.5, 0.6) is 0 Å². The number of carbonyl (C=O) groups excluding carboxylic acids is 1. The molecule has 4 heteroatoms. The molecular weight excluding hydrogens is 272 g/mol. The van der Waals surface area contributed by atoms with Gasteiger partial charge in [0.25, 0.3) is 0 Å². The fourth-order valence-electron chi connectivity index (χ4n) is 1.87. The summed E-state index contributed by atoms with van der Waals surface area (Å²) in [5.74, 6) is 0. The highest BCUT2D eigenvalue weighted by Gasteiger charge is 2.10. The molecule has 0 aliphatic heterocycles. The van der Waals surface area contributed by atoms with Gasteiger partial charge in [-0.2, -0.15) is 0 Å². The standard InChI is InChI=1S/C16H17ClN2O/c1-11-4-9-14(12-5-7-13(17)8-6-12)15(10-11)18-16(20)19(2)3/h4-10H,1-3H3,(H,18,20). The molecule has 0 bridgehead atoms. The first-order chi connectivity index (χ1) is 9.47. The van der Waals surface area contributed by atoms with Gasteiger partial charge in [0, 0.05) is 24.7 Å². The summed E-state index contributed by atoms with van der Waals surface area (Å²) in [5, 5.41) is 3.61. The van der Waals surface area contributed by atoms with E-state index in [9.17, 15) is 4.79 Å². The third kappa shape index (κ3) is 3.31. The predicted molar refractivity (Wildman–Crippen MR) is 84.3 cm³/mol. The van der Waals surface area contributed by atoms with Crippen LogP contribution in [0.2, 0.25) is 5.02 Å². The van der Waals surface area contributed by atoms with Crippen LogP contribution in [0.4, 0.5) is 10.5 Å². The molecule has 1 N–H and O–H groups in total. The maximum absolute atomic E-state index is 11.9. The highest BCUT2D eigenvalue weighted by atomic mass is 35.5. The molecule has 20 heavy (non-hydrogen) atoms. The van der Waals surface area contributed by atoms with Crippen LogP contribution in [0.15, 0.2) is 42.5 Å². The second-order valence-corrected chi connectivity index (χ2v) is 5.32. The van der Waals surface area contributed by atoms with Gasteiger partial charge in [0.15, 0.2) is 0 Å². The zero-order valence-electron chi connectivity index (χ0n) is 11.8. The van der Waals surface area contributed by atoms with Crippen molar-refractivity contribution in [2.45, 2.75) is 6.92 Å². The van der Waals surface area contributed by atoms with E-state index < -0.39 is 0 Å². The van der Waals surface area contributed by atoms with Crippen LogP contribution in [0.3, 0.4) is 0 Å². The van der Waals surface area contributed by atoms with Gasteiger partial charge in [-0.05, 0) is 36.2 Å². The van der Waals surface area contributed by atoms with Gasteiger partial charge in [-0.3, -0.25) is 0 Å². The van der Waals surface area contributed by atoms with Crippen LogP contribution in [-0.4, -0.2) is 25.0 Å². The van der Waals surface area contributed by atoms with Gasteiger partial charge in [0.05, 0.1) is 5.69 Å². The van der Waals surface area contributed by atoms with Gasteiger partial charge in [0.1, 0.15) is 0 Å². The number of hydrogen-bond acceptors (Lipinski definition) is 1. The van der Waals surface area contributed by atoms with Crippen molar-refractivity contribution in [2.24, 2.45) is 0 Å². The van der Waals surface area contributed by atoms with Gasteiger partial charge < -0.3 is 10.2 Å². The molecule has 2 rings (SSSR count). The van der Waals surface area contributed by atoms with Crippen molar-refractivity contribution >= 4 is 23.3 Å². The van der Waals surface area contributed by atoms with Crippen molar-refractivity contribution in [1.82, 2.24) is 4.90 Å². The maximum Gasteiger partial charge on any atom is 0.321 e. The zero-order valence-corrected chi connectivity index (χ0v) is 12.5. The van der Waals surface area contributed by atoms with E-state index in [1.54, 1.807) is 14.1 Å². The van der Waals surface area contributed by atoms with Gasteiger partial charge in [-0.15, -0.1) is 0 Å². The monoisotopic (exact) mass is 288 g/mol. The summed E-state index contributed by atoms with van der Waals surface area (Å²) >= 11 is 5.91. The Bertz CT molecular complexity index is 621. The summed E-state index contributed by atoms with van der Waals surface area (Å²) in [7, 11) is 3.43. The highest BCUT2D eigenvalue weighted by molar-refractivity contribution is 6.30. The van der Waals surface area contributed by atoms with Crippen molar-refractivity contribution < 1.29 is 4.79 Å². The number of carbonyl (C=O) groups is 1. The Labute approximate surface area is 124 Å². The number of halogens is 1. The Morgan fingerprint density at radius 3 is 2.35 bits per heavy atom. The number of hydrogen-bond donors (Lipinski definition) is 1. The van der Waals surface area contributed by atoms with Crippen LogP contribution < -0.4 is 5.32 Å². The van der Waals surface area contributed by atoms with E-state index in [-0.39, 0.29) is 6.03 Å². The minimum atomic E-state index is -0.147. The van der Waals surface area contributed by atoms with Gasteiger partial charge in [0.2, 0.25) is 0 Å². The van der Waals surface area contributed by atoms with Gasteiger partial charge in [-0.1, -0.05) is 35.9 Å². The minimum Gasteiger partial charge on any atom is -0.331 e. The minimum absolute atomic E-state index is 0.147. The van der Waals surface area contributed by atoms with Crippen LogP contribution in [0.1, 0.15) is 5.56 Å². The number of rotatable bonds is 2. The topological polar surface area (TPSA) is 32.3 Å². The SMILES string of the molecule is Cc1ccc(-c2ccc(Cl)cc2)c(NC(=O)N(C)C)c1. The second kappa shape index (κ2) is 5.97. The number of amides is 2. The zero-order chi connectivity index (χ0) is 14.7.